The van der Waals surface area contributed by atoms with Crippen molar-refractivity contribution in [1.82, 2.24) is 0 Å². The first-order valence-corrected chi connectivity index (χ1v) is 5.10. The standard InChI is InChI=1S/C12H17FO2/c1-9(13)10-5-6-12(15-2)11(8-10)4-3-7-14/h5-6,8-9,14H,3-4,7H2,1-2H3. The van der Waals surface area contributed by atoms with E-state index in [1.807, 2.05) is 0 Å². The molecule has 0 aliphatic heterocycles. The quantitative estimate of drug-likeness (QED) is 0.813. The van der Waals surface area contributed by atoms with Crippen LogP contribution < -0.4 is 4.74 Å². The molecule has 1 rings (SSSR count). The predicted octanol–water partition coefficient (Wildman–Crippen LogP) is 2.65. The third-order valence-corrected chi connectivity index (χ3v) is 2.37. The molecule has 1 N–H and O–H groups in total. The molecule has 0 aliphatic carbocycles. The summed E-state index contributed by atoms with van der Waals surface area (Å²) in [5.74, 6) is 0.757. The van der Waals surface area contributed by atoms with Crippen molar-refractivity contribution in [3.8, 4) is 5.75 Å². The van der Waals surface area contributed by atoms with Crippen LogP contribution in [-0.4, -0.2) is 18.8 Å². The zero-order chi connectivity index (χ0) is 11.3. The number of aliphatic hydroxyl groups is 1. The Bertz CT molecular complexity index is 310. The normalized spacial score (nSPS) is 12.5. The number of aryl methyl sites for hydroxylation is 1. The topological polar surface area (TPSA) is 29.5 Å². The van der Waals surface area contributed by atoms with Gasteiger partial charge < -0.3 is 9.84 Å². The molecule has 0 aliphatic rings. The Morgan fingerprint density at radius 2 is 2.20 bits per heavy atom. The number of ether oxygens (including phenoxy) is 1. The second kappa shape index (κ2) is 5.71. The highest BCUT2D eigenvalue weighted by Crippen LogP contribution is 2.25. The monoisotopic (exact) mass is 212 g/mol. The molecule has 3 heteroatoms. The van der Waals surface area contributed by atoms with E-state index in [4.69, 9.17) is 9.84 Å². The van der Waals surface area contributed by atoms with Gasteiger partial charge in [-0.05, 0) is 43.0 Å². The predicted molar refractivity (Wildman–Crippen MR) is 57.9 cm³/mol. The maximum Gasteiger partial charge on any atom is 0.122 e. The van der Waals surface area contributed by atoms with Gasteiger partial charge in [0.15, 0.2) is 0 Å². The van der Waals surface area contributed by atoms with Crippen molar-refractivity contribution in [2.24, 2.45) is 0 Å². The molecule has 1 aromatic carbocycles. The first-order valence-electron chi connectivity index (χ1n) is 5.10. The molecule has 0 fully saturated rings. The van der Waals surface area contributed by atoms with E-state index in [2.05, 4.69) is 0 Å². The van der Waals surface area contributed by atoms with Crippen molar-refractivity contribution in [1.29, 1.82) is 0 Å². The fraction of sp³-hybridized carbons (Fsp3) is 0.500. The summed E-state index contributed by atoms with van der Waals surface area (Å²) in [6.45, 7) is 1.65. The minimum atomic E-state index is -0.969. The summed E-state index contributed by atoms with van der Waals surface area (Å²) >= 11 is 0. The first kappa shape index (κ1) is 12.0. The molecule has 0 saturated heterocycles. The molecular formula is C12H17FO2. The van der Waals surface area contributed by atoms with Crippen LogP contribution in [0.5, 0.6) is 5.75 Å². The van der Waals surface area contributed by atoms with Crippen LogP contribution in [0.15, 0.2) is 18.2 Å². The zero-order valence-corrected chi connectivity index (χ0v) is 9.16. The Kier molecular flexibility index (Phi) is 4.56. The van der Waals surface area contributed by atoms with Crippen molar-refractivity contribution in [2.75, 3.05) is 13.7 Å². The van der Waals surface area contributed by atoms with Crippen LogP contribution in [0.2, 0.25) is 0 Å². The summed E-state index contributed by atoms with van der Waals surface area (Å²) in [6, 6.07) is 5.31. The van der Waals surface area contributed by atoms with Crippen LogP contribution in [-0.2, 0) is 6.42 Å². The number of halogens is 1. The van der Waals surface area contributed by atoms with Crippen molar-refractivity contribution < 1.29 is 14.2 Å². The molecule has 0 saturated carbocycles. The van der Waals surface area contributed by atoms with E-state index >= 15 is 0 Å². The van der Waals surface area contributed by atoms with Crippen LogP contribution in [0.4, 0.5) is 4.39 Å². The van der Waals surface area contributed by atoms with Gasteiger partial charge in [-0.3, -0.25) is 0 Å². The minimum absolute atomic E-state index is 0.137. The summed E-state index contributed by atoms with van der Waals surface area (Å²) in [5.41, 5.74) is 1.61. The van der Waals surface area contributed by atoms with Gasteiger partial charge in [0.2, 0.25) is 0 Å². The summed E-state index contributed by atoms with van der Waals surface area (Å²) in [6.07, 6.45) is 0.407. The number of aliphatic hydroxyl groups excluding tert-OH is 1. The maximum absolute atomic E-state index is 13.1. The lowest BCUT2D eigenvalue weighted by Gasteiger charge is -2.10. The molecule has 15 heavy (non-hydrogen) atoms. The molecule has 0 radical (unpaired) electrons. The smallest absolute Gasteiger partial charge is 0.122 e. The lowest BCUT2D eigenvalue weighted by atomic mass is 10.0. The van der Waals surface area contributed by atoms with Crippen LogP contribution >= 0.6 is 0 Å². The molecule has 0 bridgehead atoms. The van der Waals surface area contributed by atoms with Gasteiger partial charge >= 0.3 is 0 Å². The third-order valence-electron chi connectivity index (χ3n) is 2.37. The van der Waals surface area contributed by atoms with Gasteiger partial charge in [-0.25, -0.2) is 4.39 Å². The highest BCUT2D eigenvalue weighted by molar-refractivity contribution is 5.38. The Labute approximate surface area is 89.7 Å². The summed E-state index contributed by atoms with van der Waals surface area (Å²) in [5, 5.41) is 8.75. The highest BCUT2D eigenvalue weighted by Gasteiger charge is 2.08. The number of hydrogen-bond acceptors (Lipinski definition) is 2. The van der Waals surface area contributed by atoms with Crippen LogP contribution in [0, 0.1) is 0 Å². The minimum Gasteiger partial charge on any atom is -0.496 e. The molecule has 1 aromatic rings. The lowest BCUT2D eigenvalue weighted by molar-refractivity contribution is 0.287. The van der Waals surface area contributed by atoms with Crippen molar-refractivity contribution in [2.45, 2.75) is 25.9 Å². The van der Waals surface area contributed by atoms with Crippen LogP contribution in [0.1, 0.15) is 30.6 Å². The molecule has 0 amide bonds. The van der Waals surface area contributed by atoms with E-state index in [1.54, 1.807) is 25.3 Å². The maximum atomic E-state index is 13.1. The summed E-state index contributed by atoms with van der Waals surface area (Å²) < 4.78 is 18.3. The third kappa shape index (κ3) is 3.20. The van der Waals surface area contributed by atoms with Crippen LogP contribution in [0.25, 0.3) is 0 Å². The summed E-state index contributed by atoms with van der Waals surface area (Å²) in [4.78, 5) is 0. The molecule has 0 aromatic heterocycles. The zero-order valence-electron chi connectivity index (χ0n) is 9.16. The fourth-order valence-corrected chi connectivity index (χ4v) is 1.51. The average Bonchev–Trinajstić information content (AvgIpc) is 2.25. The average molecular weight is 212 g/mol. The molecule has 2 nitrogen and oxygen atoms in total. The van der Waals surface area contributed by atoms with Crippen molar-refractivity contribution in [3.63, 3.8) is 0 Å². The second-order valence-electron chi connectivity index (χ2n) is 3.51. The van der Waals surface area contributed by atoms with Crippen LogP contribution in [0.3, 0.4) is 0 Å². The number of benzene rings is 1. The molecular weight excluding hydrogens is 195 g/mol. The van der Waals surface area contributed by atoms with Gasteiger partial charge in [0.05, 0.1) is 7.11 Å². The SMILES string of the molecule is COc1ccc(C(C)F)cc1CCCO. The Morgan fingerprint density at radius 1 is 1.47 bits per heavy atom. The van der Waals surface area contributed by atoms with Gasteiger partial charge in [0.25, 0.3) is 0 Å². The number of hydrogen-bond donors (Lipinski definition) is 1. The van der Waals surface area contributed by atoms with Gasteiger partial charge in [-0.2, -0.15) is 0 Å². The van der Waals surface area contributed by atoms with E-state index in [-0.39, 0.29) is 6.61 Å². The first-order chi connectivity index (χ1) is 7.19. The highest BCUT2D eigenvalue weighted by atomic mass is 19.1. The van der Waals surface area contributed by atoms with E-state index < -0.39 is 6.17 Å². The Morgan fingerprint density at radius 3 is 2.73 bits per heavy atom. The van der Waals surface area contributed by atoms with E-state index in [0.717, 1.165) is 11.3 Å². The van der Waals surface area contributed by atoms with Gasteiger partial charge in [-0.15, -0.1) is 0 Å². The molecule has 0 heterocycles. The van der Waals surface area contributed by atoms with Gasteiger partial charge in [-0.1, -0.05) is 6.07 Å². The Hall–Kier alpha value is -1.09. The largest absolute Gasteiger partial charge is 0.496 e. The van der Waals surface area contributed by atoms with Gasteiger partial charge in [0, 0.05) is 6.61 Å². The Balaban J connectivity index is 2.91. The van der Waals surface area contributed by atoms with E-state index in [9.17, 15) is 4.39 Å². The van der Waals surface area contributed by atoms with E-state index in [0.29, 0.717) is 18.4 Å². The summed E-state index contributed by atoms with van der Waals surface area (Å²) in [7, 11) is 1.59. The van der Waals surface area contributed by atoms with Crippen molar-refractivity contribution in [3.05, 3.63) is 29.3 Å². The number of methoxy groups -OCH3 is 1. The molecule has 0 spiro atoms. The van der Waals surface area contributed by atoms with Crippen molar-refractivity contribution >= 4 is 0 Å². The van der Waals surface area contributed by atoms with E-state index in [1.165, 1.54) is 6.92 Å². The molecule has 1 atom stereocenters. The molecule has 1 unspecified atom stereocenters. The molecule has 84 valence electrons. The second-order valence-corrected chi connectivity index (χ2v) is 3.51. The number of alkyl halides is 1. The number of rotatable bonds is 5. The van der Waals surface area contributed by atoms with Gasteiger partial charge in [0.1, 0.15) is 11.9 Å². The lowest BCUT2D eigenvalue weighted by Crippen LogP contribution is -1.97. The fourth-order valence-electron chi connectivity index (χ4n) is 1.51.